The van der Waals surface area contributed by atoms with E-state index in [1.807, 2.05) is 50.2 Å². The summed E-state index contributed by atoms with van der Waals surface area (Å²) in [5, 5.41) is 24.8. The van der Waals surface area contributed by atoms with Gasteiger partial charge >= 0.3 is 6.03 Å². The molecular weight excluding hydrogens is 440 g/mol. The third-order valence-corrected chi connectivity index (χ3v) is 5.41. The van der Waals surface area contributed by atoms with Crippen molar-refractivity contribution >= 4 is 11.7 Å². The van der Waals surface area contributed by atoms with Crippen LogP contribution in [0.25, 0.3) is 22.8 Å². The molecular formula is C24H28N4O6. The van der Waals surface area contributed by atoms with Crippen LogP contribution in [0.2, 0.25) is 0 Å². The third-order valence-electron chi connectivity index (χ3n) is 5.41. The number of aliphatic hydroxyl groups excluding tert-OH is 1. The lowest BCUT2D eigenvalue weighted by Gasteiger charge is -2.18. The number of amides is 2. The zero-order valence-corrected chi connectivity index (χ0v) is 19.2. The number of anilines is 1. The summed E-state index contributed by atoms with van der Waals surface area (Å²) in [5.74, 6) is 2.05. The van der Waals surface area contributed by atoms with Crippen LogP contribution >= 0.6 is 0 Å². The van der Waals surface area contributed by atoms with E-state index in [4.69, 9.17) is 24.2 Å². The van der Waals surface area contributed by atoms with Crippen LogP contribution in [-0.2, 0) is 6.42 Å². The summed E-state index contributed by atoms with van der Waals surface area (Å²) in [7, 11) is 0. The quantitative estimate of drug-likeness (QED) is 0.409. The van der Waals surface area contributed by atoms with Gasteiger partial charge in [-0.15, -0.1) is 0 Å². The number of nitrogens with zero attached hydrogens (tertiary/aromatic N) is 3. The van der Waals surface area contributed by atoms with Crippen molar-refractivity contribution in [2.75, 3.05) is 31.2 Å². The number of carbonyl (C=O) groups excluding carboxylic acids is 1. The lowest BCUT2D eigenvalue weighted by Crippen LogP contribution is -2.40. The highest BCUT2D eigenvalue weighted by Crippen LogP contribution is 2.37. The Hall–Kier alpha value is -3.63. The normalized spacial score (nSPS) is 12.7. The van der Waals surface area contributed by atoms with Gasteiger partial charge in [-0.05, 0) is 50.1 Å². The lowest BCUT2D eigenvalue weighted by molar-refractivity contribution is -0.0438. The van der Waals surface area contributed by atoms with Crippen LogP contribution in [0.1, 0.15) is 25.8 Å². The number of rotatable bonds is 9. The number of hydrogen-bond donors (Lipinski definition) is 3. The molecule has 1 aliphatic rings. The number of urea groups is 1. The number of ether oxygens (including phenoxy) is 2. The van der Waals surface area contributed by atoms with Gasteiger partial charge in [-0.3, -0.25) is 4.90 Å². The van der Waals surface area contributed by atoms with E-state index in [1.54, 1.807) is 4.90 Å². The van der Waals surface area contributed by atoms with E-state index in [-0.39, 0.29) is 19.0 Å². The van der Waals surface area contributed by atoms with Crippen molar-refractivity contribution in [1.29, 1.82) is 0 Å². The molecule has 10 nitrogen and oxygen atoms in total. The Bertz CT molecular complexity index is 1150. The summed E-state index contributed by atoms with van der Waals surface area (Å²) in [6.07, 6.45) is -0.748. The Balaban J connectivity index is 1.57. The van der Waals surface area contributed by atoms with E-state index in [9.17, 15) is 4.79 Å². The number of nitrogens with one attached hydrogen (secondary N) is 1. The summed E-state index contributed by atoms with van der Waals surface area (Å²) in [4.78, 5) is 18.8. The van der Waals surface area contributed by atoms with E-state index < -0.39 is 6.29 Å². The zero-order valence-electron chi connectivity index (χ0n) is 19.2. The van der Waals surface area contributed by atoms with Crippen LogP contribution in [0.5, 0.6) is 11.5 Å². The monoisotopic (exact) mass is 468 g/mol. The Morgan fingerprint density at radius 1 is 1.18 bits per heavy atom. The second-order valence-corrected chi connectivity index (χ2v) is 7.66. The predicted molar refractivity (Wildman–Crippen MR) is 125 cm³/mol. The molecule has 0 radical (unpaired) electrons. The molecule has 0 atom stereocenters. The van der Waals surface area contributed by atoms with Gasteiger partial charge in [0.1, 0.15) is 0 Å². The number of hydrogen-bond acceptors (Lipinski definition) is 8. The molecule has 10 heteroatoms. The topological polar surface area (TPSA) is 130 Å². The first-order valence-corrected chi connectivity index (χ1v) is 11.3. The molecule has 180 valence electrons. The predicted octanol–water partition coefficient (Wildman–Crippen LogP) is 2.97. The van der Waals surface area contributed by atoms with Gasteiger partial charge in [-0.25, -0.2) is 4.79 Å². The first-order chi connectivity index (χ1) is 16.5. The van der Waals surface area contributed by atoms with Crippen LogP contribution in [0.3, 0.4) is 0 Å². The summed E-state index contributed by atoms with van der Waals surface area (Å²) in [6, 6.07) is 10.8. The number of carbonyl (C=O) groups is 1. The molecule has 0 unspecified atom stereocenters. The average Bonchev–Trinajstić information content (AvgIpc) is 3.48. The number of aromatic nitrogens is 2. The minimum atomic E-state index is -1.45. The zero-order chi connectivity index (χ0) is 24.1. The van der Waals surface area contributed by atoms with Crippen LogP contribution in [0.15, 0.2) is 40.9 Å². The minimum Gasteiger partial charge on any atom is -0.490 e. The molecule has 0 aliphatic carbocycles. The largest absolute Gasteiger partial charge is 0.490 e. The molecule has 2 aromatic carbocycles. The van der Waals surface area contributed by atoms with Crippen molar-refractivity contribution < 1.29 is 29.0 Å². The average molecular weight is 469 g/mol. The molecule has 4 rings (SSSR count). The van der Waals surface area contributed by atoms with Crippen molar-refractivity contribution in [3.8, 4) is 34.3 Å². The molecule has 3 N–H and O–H groups in total. The van der Waals surface area contributed by atoms with Gasteiger partial charge in [0.2, 0.25) is 5.82 Å². The van der Waals surface area contributed by atoms with Crippen molar-refractivity contribution in [1.82, 2.24) is 15.5 Å². The lowest BCUT2D eigenvalue weighted by atomic mass is 10.0. The number of fused-ring (bicyclic) bond motifs is 1. The fraction of sp³-hybridized carbons (Fsp3) is 0.375. The van der Waals surface area contributed by atoms with E-state index in [1.165, 1.54) is 0 Å². The third kappa shape index (κ3) is 4.97. The molecule has 0 fully saturated rings. The Labute approximate surface area is 197 Å². The highest BCUT2D eigenvalue weighted by Gasteiger charge is 2.28. The highest BCUT2D eigenvalue weighted by molar-refractivity contribution is 5.95. The minimum absolute atomic E-state index is 0.0642. The Kier molecular flexibility index (Phi) is 7.29. The van der Waals surface area contributed by atoms with Gasteiger partial charge in [0.25, 0.3) is 5.89 Å². The van der Waals surface area contributed by atoms with Crippen LogP contribution in [-0.4, -0.2) is 59.0 Å². The molecule has 0 saturated carbocycles. The summed E-state index contributed by atoms with van der Waals surface area (Å²) >= 11 is 0. The maximum Gasteiger partial charge on any atom is 0.321 e. The van der Waals surface area contributed by atoms with Crippen LogP contribution in [0, 0.1) is 0 Å². The molecule has 0 spiro atoms. The molecule has 1 aliphatic heterocycles. The number of benzene rings is 2. The molecule has 2 heterocycles. The standard InChI is InChI=1S/C24H28N4O6/c1-3-32-19-9-8-15(14-20(19)33-4-2)23-26-22(27-34-23)17-6-5-7-18-16(17)11-13-28(18)24(31)25-12-10-21(29)30/h5-9,14,21,29-30H,3-4,10-13H2,1-2H3,(H,25,31). The Morgan fingerprint density at radius 3 is 2.74 bits per heavy atom. The van der Waals surface area contributed by atoms with Gasteiger partial charge in [-0.1, -0.05) is 17.3 Å². The fourth-order valence-electron chi connectivity index (χ4n) is 3.89. The van der Waals surface area contributed by atoms with Crippen molar-refractivity contribution in [2.24, 2.45) is 0 Å². The second kappa shape index (κ2) is 10.5. The summed E-state index contributed by atoms with van der Waals surface area (Å²) < 4.78 is 16.9. The van der Waals surface area contributed by atoms with Crippen molar-refractivity contribution in [2.45, 2.75) is 33.0 Å². The number of aliphatic hydroxyl groups is 2. The molecule has 2 amide bonds. The summed E-state index contributed by atoms with van der Waals surface area (Å²) in [6.45, 7) is 5.52. The maximum absolute atomic E-state index is 12.6. The van der Waals surface area contributed by atoms with Gasteiger partial charge in [0, 0.05) is 36.3 Å². The van der Waals surface area contributed by atoms with Gasteiger partial charge < -0.3 is 29.5 Å². The molecule has 0 bridgehead atoms. The molecule has 1 aromatic heterocycles. The SMILES string of the molecule is CCOc1ccc(-c2nc(-c3cccc4c3CCN4C(=O)NCCC(O)O)no2)cc1OCC. The smallest absolute Gasteiger partial charge is 0.321 e. The Morgan fingerprint density at radius 2 is 1.97 bits per heavy atom. The summed E-state index contributed by atoms with van der Waals surface area (Å²) in [5.41, 5.74) is 3.23. The van der Waals surface area contributed by atoms with Crippen molar-refractivity contribution in [3.05, 3.63) is 42.0 Å². The van der Waals surface area contributed by atoms with Gasteiger partial charge in [-0.2, -0.15) is 4.98 Å². The molecule has 3 aromatic rings. The van der Waals surface area contributed by atoms with Gasteiger partial charge in [0.15, 0.2) is 17.8 Å². The van der Waals surface area contributed by atoms with E-state index >= 15 is 0 Å². The fourth-order valence-corrected chi connectivity index (χ4v) is 3.89. The highest BCUT2D eigenvalue weighted by atomic mass is 16.5. The van der Waals surface area contributed by atoms with Crippen LogP contribution < -0.4 is 19.7 Å². The van der Waals surface area contributed by atoms with E-state index in [0.717, 1.165) is 16.8 Å². The van der Waals surface area contributed by atoms with Crippen molar-refractivity contribution in [3.63, 3.8) is 0 Å². The van der Waals surface area contributed by atoms with Crippen LogP contribution in [0.4, 0.5) is 10.5 Å². The second-order valence-electron chi connectivity index (χ2n) is 7.66. The van der Waals surface area contributed by atoms with E-state index in [0.29, 0.717) is 55.0 Å². The molecule has 34 heavy (non-hydrogen) atoms. The molecule has 0 saturated heterocycles. The first kappa shape index (κ1) is 23.5. The van der Waals surface area contributed by atoms with Gasteiger partial charge in [0.05, 0.1) is 13.2 Å². The first-order valence-electron chi connectivity index (χ1n) is 11.3. The maximum atomic E-state index is 12.6. The van der Waals surface area contributed by atoms with E-state index in [2.05, 4.69) is 15.5 Å².